The first-order chi connectivity index (χ1) is 9.22. The van der Waals surface area contributed by atoms with Gasteiger partial charge in [0.15, 0.2) is 0 Å². The first kappa shape index (κ1) is 11.3. The van der Waals surface area contributed by atoms with Gasteiger partial charge < -0.3 is 0 Å². The fourth-order valence-electron chi connectivity index (χ4n) is 1.79. The summed E-state index contributed by atoms with van der Waals surface area (Å²) >= 11 is 0. The molecule has 2 heterocycles. The van der Waals surface area contributed by atoms with Crippen LogP contribution in [0, 0.1) is 6.92 Å². The lowest BCUT2D eigenvalue weighted by atomic mass is 10.1. The van der Waals surface area contributed by atoms with Gasteiger partial charge in [-0.3, -0.25) is 9.51 Å². The lowest BCUT2D eigenvalue weighted by Crippen LogP contribution is -1.98. The molecule has 94 valence electrons. The number of aromatic amines is 1. The van der Waals surface area contributed by atoms with E-state index in [4.69, 9.17) is 0 Å². The molecule has 0 amide bonds. The van der Waals surface area contributed by atoms with Crippen LogP contribution >= 0.6 is 0 Å². The lowest BCUT2D eigenvalue weighted by Gasteiger charge is -2.03. The van der Waals surface area contributed by atoms with E-state index in [1.54, 1.807) is 13.0 Å². The number of H-pyrrole nitrogens is 1. The lowest BCUT2D eigenvalue weighted by molar-refractivity contribution is 0.387. The first-order valence-electron chi connectivity index (χ1n) is 5.70. The highest BCUT2D eigenvalue weighted by atomic mass is 16.5. The van der Waals surface area contributed by atoms with Gasteiger partial charge in [0.1, 0.15) is 11.5 Å². The second-order valence-corrected chi connectivity index (χ2v) is 4.00. The first-order valence-corrected chi connectivity index (χ1v) is 5.70. The topological polar surface area (TPSA) is 84.7 Å². The van der Waals surface area contributed by atoms with Crippen molar-refractivity contribution < 1.29 is 4.52 Å². The molecule has 19 heavy (non-hydrogen) atoms. The third-order valence-corrected chi connectivity index (χ3v) is 2.59. The largest absolute Gasteiger partial charge is 0.439 e. The summed E-state index contributed by atoms with van der Waals surface area (Å²) in [6, 6.07) is 11.5. The molecule has 0 aliphatic carbocycles. The van der Waals surface area contributed by atoms with Gasteiger partial charge in [-0.15, -0.1) is 0 Å². The summed E-state index contributed by atoms with van der Waals surface area (Å²) in [5, 5.41) is 3.63. The van der Waals surface area contributed by atoms with Crippen molar-refractivity contribution in [2.45, 2.75) is 6.92 Å². The van der Waals surface area contributed by atoms with E-state index < -0.39 is 5.76 Å². The van der Waals surface area contributed by atoms with Crippen LogP contribution < -0.4 is 5.76 Å². The SMILES string of the molecule is Cc1nc(-c2ccccc2)cc(-c2noc(=O)[nH]2)n1. The zero-order valence-corrected chi connectivity index (χ0v) is 10.1. The summed E-state index contributed by atoms with van der Waals surface area (Å²) in [5.41, 5.74) is 2.27. The maximum atomic E-state index is 11.0. The third kappa shape index (κ3) is 2.28. The van der Waals surface area contributed by atoms with Crippen LogP contribution in [0.3, 0.4) is 0 Å². The standard InChI is InChI=1S/C13H10N4O2/c1-8-14-10(9-5-3-2-4-6-9)7-11(15-8)12-16-13(18)19-17-12/h2-7H,1H3,(H,16,17,18). The molecular weight excluding hydrogens is 244 g/mol. The van der Waals surface area contributed by atoms with Gasteiger partial charge in [-0.25, -0.2) is 14.8 Å². The van der Waals surface area contributed by atoms with E-state index in [0.29, 0.717) is 17.3 Å². The summed E-state index contributed by atoms with van der Waals surface area (Å²) in [5.74, 6) is 0.292. The average molecular weight is 254 g/mol. The number of nitrogens with zero attached hydrogens (tertiary/aromatic N) is 3. The number of rotatable bonds is 2. The van der Waals surface area contributed by atoms with Gasteiger partial charge in [0, 0.05) is 5.56 Å². The maximum absolute atomic E-state index is 11.0. The van der Waals surface area contributed by atoms with E-state index in [1.807, 2.05) is 30.3 Å². The molecule has 1 N–H and O–H groups in total. The Morgan fingerprint density at radius 1 is 1.11 bits per heavy atom. The number of aryl methyl sites for hydroxylation is 1. The Morgan fingerprint density at radius 3 is 2.53 bits per heavy atom. The van der Waals surface area contributed by atoms with Gasteiger partial charge in [0.05, 0.1) is 5.69 Å². The number of aromatic nitrogens is 4. The molecule has 3 aromatic rings. The number of benzene rings is 1. The fraction of sp³-hybridized carbons (Fsp3) is 0.0769. The quantitative estimate of drug-likeness (QED) is 0.753. The van der Waals surface area contributed by atoms with E-state index in [2.05, 4.69) is 24.6 Å². The Hall–Kier alpha value is -2.76. The van der Waals surface area contributed by atoms with Crippen LogP contribution in [0.15, 0.2) is 45.7 Å². The maximum Gasteiger partial charge on any atom is 0.439 e. The fourth-order valence-corrected chi connectivity index (χ4v) is 1.79. The smallest absolute Gasteiger partial charge is 0.296 e. The van der Waals surface area contributed by atoms with E-state index in [1.165, 1.54) is 0 Å². The Morgan fingerprint density at radius 2 is 1.84 bits per heavy atom. The average Bonchev–Trinajstić information content (AvgIpc) is 2.86. The van der Waals surface area contributed by atoms with Crippen molar-refractivity contribution in [2.24, 2.45) is 0 Å². The van der Waals surface area contributed by atoms with Crippen molar-refractivity contribution in [1.82, 2.24) is 20.1 Å². The van der Waals surface area contributed by atoms with Crippen LogP contribution in [-0.4, -0.2) is 20.1 Å². The molecule has 0 atom stereocenters. The molecular formula is C13H10N4O2. The summed E-state index contributed by atoms with van der Waals surface area (Å²) in [6.07, 6.45) is 0. The monoisotopic (exact) mass is 254 g/mol. The normalized spacial score (nSPS) is 10.6. The second-order valence-electron chi connectivity index (χ2n) is 4.00. The Kier molecular flexibility index (Phi) is 2.68. The Labute approximate surface area is 108 Å². The Bertz CT molecular complexity index is 762. The molecule has 0 unspecified atom stereocenters. The Balaban J connectivity index is 2.13. The van der Waals surface area contributed by atoms with Crippen LogP contribution in [0.25, 0.3) is 22.8 Å². The molecule has 0 fully saturated rings. The molecule has 2 aromatic heterocycles. The van der Waals surface area contributed by atoms with Crippen molar-refractivity contribution in [3.8, 4) is 22.8 Å². The van der Waals surface area contributed by atoms with Gasteiger partial charge in [-0.05, 0) is 13.0 Å². The molecule has 0 spiro atoms. The molecule has 0 saturated heterocycles. The van der Waals surface area contributed by atoms with Gasteiger partial charge in [0.25, 0.3) is 0 Å². The van der Waals surface area contributed by atoms with E-state index in [-0.39, 0.29) is 0 Å². The van der Waals surface area contributed by atoms with Crippen molar-refractivity contribution in [3.63, 3.8) is 0 Å². The van der Waals surface area contributed by atoms with Crippen molar-refractivity contribution in [2.75, 3.05) is 0 Å². The predicted molar refractivity (Wildman–Crippen MR) is 68.3 cm³/mol. The molecule has 0 radical (unpaired) electrons. The summed E-state index contributed by atoms with van der Waals surface area (Å²) in [7, 11) is 0. The second kappa shape index (κ2) is 4.49. The van der Waals surface area contributed by atoms with E-state index >= 15 is 0 Å². The third-order valence-electron chi connectivity index (χ3n) is 2.59. The number of nitrogens with one attached hydrogen (secondary N) is 1. The summed E-state index contributed by atoms with van der Waals surface area (Å²) in [6.45, 7) is 1.79. The highest BCUT2D eigenvalue weighted by molar-refractivity contribution is 5.64. The minimum Gasteiger partial charge on any atom is -0.296 e. The van der Waals surface area contributed by atoms with Crippen LogP contribution in [0.2, 0.25) is 0 Å². The van der Waals surface area contributed by atoms with Gasteiger partial charge >= 0.3 is 5.76 Å². The summed E-state index contributed by atoms with van der Waals surface area (Å²) < 4.78 is 4.48. The molecule has 6 nitrogen and oxygen atoms in total. The van der Waals surface area contributed by atoms with Crippen molar-refractivity contribution in [1.29, 1.82) is 0 Å². The van der Waals surface area contributed by atoms with Crippen molar-refractivity contribution in [3.05, 3.63) is 52.8 Å². The molecule has 6 heteroatoms. The van der Waals surface area contributed by atoms with Crippen molar-refractivity contribution >= 4 is 0 Å². The minimum absolute atomic E-state index is 0.299. The highest BCUT2D eigenvalue weighted by Crippen LogP contribution is 2.20. The number of hydrogen-bond acceptors (Lipinski definition) is 5. The van der Waals surface area contributed by atoms with Gasteiger partial charge in [-0.2, -0.15) is 0 Å². The van der Waals surface area contributed by atoms with Crippen LogP contribution in [-0.2, 0) is 0 Å². The molecule has 1 aromatic carbocycles. The van der Waals surface area contributed by atoms with E-state index in [0.717, 1.165) is 11.3 Å². The molecule has 0 aliphatic heterocycles. The van der Waals surface area contributed by atoms with Crippen LogP contribution in [0.1, 0.15) is 5.82 Å². The minimum atomic E-state index is -0.604. The number of hydrogen-bond donors (Lipinski definition) is 1. The predicted octanol–water partition coefficient (Wildman–Crippen LogP) is 1.80. The molecule has 0 bridgehead atoms. The molecule has 0 saturated carbocycles. The van der Waals surface area contributed by atoms with Crippen LogP contribution in [0.5, 0.6) is 0 Å². The van der Waals surface area contributed by atoms with Gasteiger partial charge in [0.2, 0.25) is 5.82 Å². The molecule has 0 aliphatic rings. The van der Waals surface area contributed by atoms with E-state index in [9.17, 15) is 4.79 Å². The van der Waals surface area contributed by atoms with Gasteiger partial charge in [-0.1, -0.05) is 35.5 Å². The molecule has 3 rings (SSSR count). The summed E-state index contributed by atoms with van der Waals surface area (Å²) in [4.78, 5) is 22.1. The highest BCUT2D eigenvalue weighted by Gasteiger charge is 2.10. The zero-order valence-electron chi connectivity index (χ0n) is 10.1. The van der Waals surface area contributed by atoms with Crippen LogP contribution in [0.4, 0.5) is 0 Å². The zero-order chi connectivity index (χ0) is 13.2.